The van der Waals surface area contributed by atoms with Gasteiger partial charge in [-0.05, 0) is 30.5 Å². The van der Waals surface area contributed by atoms with E-state index in [9.17, 15) is 22.0 Å². The Morgan fingerprint density at radius 1 is 1.17 bits per heavy atom. The number of alkyl halides is 2. The van der Waals surface area contributed by atoms with E-state index in [1.54, 1.807) is 6.07 Å². The number of benzene rings is 1. The van der Waals surface area contributed by atoms with Crippen molar-refractivity contribution in [3.05, 3.63) is 34.9 Å². The van der Waals surface area contributed by atoms with E-state index in [0.717, 1.165) is 49.4 Å². The summed E-state index contributed by atoms with van der Waals surface area (Å²) >= 11 is 0. The van der Waals surface area contributed by atoms with Crippen molar-refractivity contribution in [1.29, 1.82) is 0 Å². The number of piperazine rings is 1. The first-order valence-corrected chi connectivity index (χ1v) is 11.6. The van der Waals surface area contributed by atoms with Gasteiger partial charge in [-0.25, -0.2) is 22.2 Å². The van der Waals surface area contributed by atoms with E-state index in [1.807, 2.05) is 12.1 Å². The number of aromatic nitrogens is 2. The van der Waals surface area contributed by atoms with Crippen LogP contribution in [0.5, 0.6) is 0 Å². The highest BCUT2D eigenvalue weighted by Crippen LogP contribution is 2.23. The first kappa shape index (κ1) is 20.2. The first-order chi connectivity index (χ1) is 13.8. The molecule has 0 amide bonds. The van der Waals surface area contributed by atoms with Crippen LogP contribution in [0.1, 0.15) is 6.42 Å². The standard InChI is InChI=1S/C19H24F2N4O3S/c20-18(21)11-25-13-22-17-9-15(1-2-16(17)19(25)26)24-6-4-23(5-7-24)10-14-3-8-29(27,28)12-14/h1-2,9,13-14,18H,3-8,10-12H2. The molecular weight excluding hydrogens is 402 g/mol. The van der Waals surface area contributed by atoms with Gasteiger partial charge in [0.1, 0.15) is 0 Å². The van der Waals surface area contributed by atoms with Crippen LogP contribution in [0.15, 0.2) is 29.3 Å². The third-order valence-corrected chi connectivity index (χ3v) is 7.56. The lowest BCUT2D eigenvalue weighted by atomic mass is 10.1. The summed E-state index contributed by atoms with van der Waals surface area (Å²) in [7, 11) is -2.85. The number of hydrogen-bond acceptors (Lipinski definition) is 6. The molecule has 7 nitrogen and oxygen atoms in total. The van der Waals surface area contributed by atoms with Crippen LogP contribution in [0.3, 0.4) is 0 Å². The van der Waals surface area contributed by atoms with Gasteiger partial charge < -0.3 is 4.90 Å². The Kier molecular flexibility index (Phi) is 5.56. The van der Waals surface area contributed by atoms with E-state index < -0.39 is 28.4 Å². The van der Waals surface area contributed by atoms with Gasteiger partial charge in [-0.2, -0.15) is 0 Å². The van der Waals surface area contributed by atoms with Crippen LogP contribution < -0.4 is 10.5 Å². The Morgan fingerprint density at radius 3 is 2.59 bits per heavy atom. The largest absolute Gasteiger partial charge is 0.369 e. The molecule has 3 heterocycles. The quantitative estimate of drug-likeness (QED) is 0.716. The molecule has 0 spiro atoms. The van der Waals surface area contributed by atoms with E-state index in [4.69, 9.17) is 0 Å². The number of halogens is 2. The zero-order valence-corrected chi connectivity index (χ0v) is 16.8. The van der Waals surface area contributed by atoms with Crippen LogP contribution in [0.2, 0.25) is 0 Å². The average Bonchev–Trinajstić information content (AvgIpc) is 3.02. The van der Waals surface area contributed by atoms with Crippen LogP contribution in [-0.2, 0) is 16.4 Å². The summed E-state index contributed by atoms with van der Waals surface area (Å²) < 4.78 is 49.4. The molecule has 158 valence electrons. The minimum Gasteiger partial charge on any atom is -0.369 e. The molecule has 2 fully saturated rings. The fraction of sp³-hybridized carbons (Fsp3) is 0.579. The van der Waals surface area contributed by atoms with Gasteiger partial charge in [-0.3, -0.25) is 14.3 Å². The Hall–Kier alpha value is -2.07. The lowest BCUT2D eigenvalue weighted by Crippen LogP contribution is -2.48. The second-order valence-electron chi connectivity index (χ2n) is 7.85. The van der Waals surface area contributed by atoms with Gasteiger partial charge in [0.25, 0.3) is 12.0 Å². The van der Waals surface area contributed by atoms with Crippen molar-refractivity contribution in [3.8, 4) is 0 Å². The van der Waals surface area contributed by atoms with Crippen molar-refractivity contribution in [2.45, 2.75) is 19.4 Å². The highest BCUT2D eigenvalue weighted by atomic mass is 32.2. The maximum atomic E-state index is 12.6. The Balaban J connectivity index is 1.41. The smallest absolute Gasteiger partial charge is 0.261 e. The fourth-order valence-corrected chi connectivity index (χ4v) is 6.04. The molecule has 10 heteroatoms. The summed E-state index contributed by atoms with van der Waals surface area (Å²) in [6.45, 7) is 3.45. The van der Waals surface area contributed by atoms with Crippen LogP contribution in [0.25, 0.3) is 10.9 Å². The number of rotatable bonds is 5. The van der Waals surface area contributed by atoms with Gasteiger partial charge in [0, 0.05) is 38.4 Å². The summed E-state index contributed by atoms with van der Waals surface area (Å²) in [5, 5.41) is 0.331. The molecule has 0 N–H and O–H groups in total. The highest BCUT2D eigenvalue weighted by molar-refractivity contribution is 7.91. The first-order valence-electron chi connectivity index (χ1n) is 9.76. The van der Waals surface area contributed by atoms with Crippen LogP contribution in [0.4, 0.5) is 14.5 Å². The third-order valence-electron chi connectivity index (χ3n) is 5.72. The monoisotopic (exact) mass is 426 g/mol. The van der Waals surface area contributed by atoms with Gasteiger partial charge in [0.2, 0.25) is 0 Å². The van der Waals surface area contributed by atoms with Crippen LogP contribution in [0, 0.1) is 5.92 Å². The lowest BCUT2D eigenvalue weighted by Gasteiger charge is -2.37. The molecular formula is C19H24F2N4O3S. The van der Waals surface area contributed by atoms with Crippen molar-refractivity contribution in [3.63, 3.8) is 0 Å². The van der Waals surface area contributed by atoms with Gasteiger partial charge in [-0.15, -0.1) is 0 Å². The van der Waals surface area contributed by atoms with Crippen LogP contribution >= 0.6 is 0 Å². The Morgan fingerprint density at radius 2 is 1.93 bits per heavy atom. The minimum absolute atomic E-state index is 0.229. The number of hydrogen-bond donors (Lipinski definition) is 0. The number of anilines is 1. The molecule has 0 radical (unpaired) electrons. The third kappa shape index (κ3) is 4.58. The normalized spacial score (nSPS) is 22.6. The second-order valence-corrected chi connectivity index (χ2v) is 10.1. The molecule has 4 rings (SSSR count). The van der Waals surface area contributed by atoms with E-state index in [0.29, 0.717) is 22.4 Å². The number of sulfone groups is 1. The Bertz CT molecular complexity index is 1050. The zero-order chi connectivity index (χ0) is 20.6. The summed E-state index contributed by atoms with van der Waals surface area (Å²) in [4.78, 5) is 21.0. The average molecular weight is 426 g/mol. The molecule has 0 bridgehead atoms. The van der Waals surface area contributed by atoms with Gasteiger partial charge in [0.15, 0.2) is 9.84 Å². The predicted octanol–water partition coefficient (Wildman–Crippen LogP) is 1.22. The lowest BCUT2D eigenvalue weighted by molar-refractivity contribution is 0.125. The molecule has 2 aromatic rings. The maximum Gasteiger partial charge on any atom is 0.261 e. The van der Waals surface area contributed by atoms with Crippen molar-refractivity contribution < 1.29 is 17.2 Å². The second kappa shape index (κ2) is 7.98. The van der Waals surface area contributed by atoms with E-state index in [1.165, 1.54) is 6.33 Å². The van der Waals surface area contributed by atoms with E-state index >= 15 is 0 Å². The van der Waals surface area contributed by atoms with Gasteiger partial charge >= 0.3 is 0 Å². The summed E-state index contributed by atoms with van der Waals surface area (Å²) in [6.07, 6.45) is -0.678. The van der Waals surface area contributed by atoms with Crippen molar-refractivity contribution in [2.75, 3.05) is 49.1 Å². The highest BCUT2D eigenvalue weighted by Gasteiger charge is 2.30. The summed E-state index contributed by atoms with van der Waals surface area (Å²) in [5.74, 6) is 0.833. The van der Waals surface area contributed by atoms with Crippen molar-refractivity contribution in [1.82, 2.24) is 14.5 Å². The van der Waals surface area contributed by atoms with Gasteiger partial charge in [0.05, 0.1) is 35.3 Å². The molecule has 2 aliphatic heterocycles. The molecule has 1 atom stereocenters. The van der Waals surface area contributed by atoms with E-state index in [2.05, 4.69) is 14.8 Å². The molecule has 29 heavy (non-hydrogen) atoms. The number of fused-ring (bicyclic) bond motifs is 1. The fourth-order valence-electron chi connectivity index (χ4n) is 4.19. The SMILES string of the molecule is O=c1c2ccc(N3CCN(CC4CCS(=O)(=O)C4)CC3)cc2ncn1CC(F)F. The Labute approximate surface area is 167 Å². The minimum atomic E-state index is -2.85. The molecule has 1 aromatic carbocycles. The van der Waals surface area contributed by atoms with Gasteiger partial charge in [-0.1, -0.05) is 0 Å². The molecule has 1 aromatic heterocycles. The molecule has 1 unspecified atom stereocenters. The maximum absolute atomic E-state index is 12.6. The molecule has 2 aliphatic rings. The van der Waals surface area contributed by atoms with Crippen molar-refractivity contribution in [2.24, 2.45) is 5.92 Å². The molecule has 2 saturated heterocycles. The zero-order valence-electron chi connectivity index (χ0n) is 16.0. The van der Waals surface area contributed by atoms with Crippen LogP contribution in [-0.4, -0.2) is 73.5 Å². The topological polar surface area (TPSA) is 75.5 Å². The molecule has 0 aliphatic carbocycles. The summed E-state index contributed by atoms with van der Waals surface area (Å²) in [6, 6.07) is 5.30. The number of nitrogens with zero attached hydrogens (tertiary/aromatic N) is 4. The van der Waals surface area contributed by atoms with E-state index in [-0.39, 0.29) is 5.92 Å². The molecule has 0 saturated carbocycles. The predicted molar refractivity (Wildman–Crippen MR) is 107 cm³/mol. The van der Waals surface area contributed by atoms with Crippen molar-refractivity contribution >= 4 is 26.4 Å². The summed E-state index contributed by atoms with van der Waals surface area (Å²) in [5.41, 5.74) is 0.980.